The summed E-state index contributed by atoms with van der Waals surface area (Å²) >= 11 is 0. The van der Waals surface area contributed by atoms with Crippen molar-refractivity contribution in [1.29, 1.82) is 0 Å². The Morgan fingerprint density at radius 2 is 2.09 bits per heavy atom. The summed E-state index contributed by atoms with van der Waals surface area (Å²) in [6.07, 6.45) is 3.15. The van der Waals surface area contributed by atoms with Crippen molar-refractivity contribution in [3.63, 3.8) is 0 Å². The van der Waals surface area contributed by atoms with Gasteiger partial charge in [0.2, 0.25) is 0 Å². The van der Waals surface area contributed by atoms with Crippen molar-refractivity contribution < 1.29 is 9.18 Å². The molecule has 1 aromatic carbocycles. The molecule has 23 heavy (non-hydrogen) atoms. The smallest absolute Gasteiger partial charge is 0.293 e. The number of hydrogen-bond donors (Lipinski definition) is 2. The molecule has 0 aliphatic carbocycles. The van der Waals surface area contributed by atoms with Crippen LogP contribution >= 0.6 is 0 Å². The summed E-state index contributed by atoms with van der Waals surface area (Å²) < 4.78 is 14.3. The maximum atomic E-state index is 14.3. The lowest BCUT2D eigenvalue weighted by Gasteiger charge is -2.37. The normalized spacial score (nSPS) is 21.2. The highest BCUT2D eigenvalue weighted by molar-refractivity contribution is 6.42. The van der Waals surface area contributed by atoms with Crippen molar-refractivity contribution in [2.45, 2.75) is 12.5 Å². The number of carbonyl (C=O) groups is 1. The van der Waals surface area contributed by atoms with Gasteiger partial charge in [0.25, 0.3) is 5.91 Å². The van der Waals surface area contributed by atoms with E-state index in [2.05, 4.69) is 9.98 Å². The van der Waals surface area contributed by atoms with Crippen molar-refractivity contribution in [3.8, 4) is 0 Å². The second kappa shape index (κ2) is 5.35. The van der Waals surface area contributed by atoms with Gasteiger partial charge in [0, 0.05) is 17.4 Å². The molecule has 0 fully saturated rings. The van der Waals surface area contributed by atoms with Crippen molar-refractivity contribution in [3.05, 3.63) is 54.1 Å². The van der Waals surface area contributed by atoms with E-state index in [1.54, 1.807) is 31.5 Å². The zero-order chi connectivity index (χ0) is 16.6. The standard InChI is InChI=1S/C16H16FN5O/c1-16(12-7-10(18)4-5-13(12)17)9-22(15(23)14(19)21-16)11-3-2-6-20-8-11/h2-8H,9,18H2,1H3,(H2,19,21). The number of benzene rings is 1. The first-order chi connectivity index (χ1) is 10.9. The number of nitrogens with two attached hydrogens (primary N) is 2. The van der Waals surface area contributed by atoms with Gasteiger partial charge in [-0.3, -0.25) is 14.8 Å². The van der Waals surface area contributed by atoms with Gasteiger partial charge < -0.3 is 16.4 Å². The average Bonchev–Trinajstić information content (AvgIpc) is 2.54. The van der Waals surface area contributed by atoms with E-state index in [1.165, 1.54) is 23.1 Å². The fraction of sp³-hybridized carbons (Fsp3) is 0.188. The number of amides is 1. The lowest BCUT2D eigenvalue weighted by atomic mass is 9.89. The van der Waals surface area contributed by atoms with Crippen LogP contribution in [0.3, 0.4) is 0 Å². The van der Waals surface area contributed by atoms with Gasteiger partial charge in [-0.2, -0.15) is 0 Å². The van der Waals surface area contributed by atoms with Crippen LogP contribution in [-0.4, -0.2) is 23.3 Å². The molecule has 1 aromatic heterocycles. The van der Waals surface area contributed by atoms with Gasteiger partial charge in [0.1, 0.15) is 11.4 Å². The SMILES string of the molecule is CC1(c2cc(N)ccc2F)CN(c2cccnc2)C(=O)C(N)=N1. The molecular formula is C16H16FN5O. The van der Waals surface area contributed by atoms with Crippen LogP contribution in [0.25, 0.3) is 0 Å². The molecule has 1 amide bonds. The molecule has 0 saturated heterocycles. The van der Waals surface area contributed by atoms with Crippen LogP contribution in [0.5, 0.6) is 0 Å². The number of anilines is 2. The van der Waals surface area contributed by atoms with Crippen molar-refractivity contribution >= 4 is 23.1 Å². The van der Waals surface area contributed by atoms with Crippen LogP contribution in [0.1, 0.15) is 12.5 Å². The molecule has 3 rings (SSSR count). The van der Waals surface area contributed by atoms with Crippen molar-refractivity contribution in [2.24, 2.45) is 10.7 Å². The lowest BCUT2D eigenvalue weighted by molar-refractivity contribution is -0.113. The number of amidine groups is 1. The van der Waals surface area contributed by atoms with Crippen LogP contribution in [0.2, 0.25) is 0 Å². The molecule has 0 radical (unpaired) electrons. The van der Waals surface area contributed by atoms with Crippen LogP contribution < -0.4 is 16.4 Å². The van der Waals surface area contributed by atoms with E-state index < -0.39 is 17.3 Å². The summed E-state index contributed by atoms with van der Waals surface area (Å²) in [5.41, 5.74) is 11.8. The highest BCUT2D eigenvalue weighted by Gasteiger charge is 2.39. The third kappa shape index (κ3) is 2.61. The summed E-state index contributed by atoms with van der Waals surface area (Å²) in [4.78, 5) is 22.0. The van der Waals surface area contributed by atoms with E-state index in [0.29, 0.717) is 16.9 Å². The molecule has 4 N–H and O–H groups in total. The molecule has 1 unspecified atom stereocenters. The summed E-state index contributed by atoms with van der Waals surface area (Å²) in [6, 6.07) is 7.72. The third-order valence-electron chi connectivity index (χ3n) is 3.83. The number of hydrogen-bond acceptors (Lipinski definition) is 5. The lowest BCUT2D eigenvalue weighted by Crippen LogP contribution is -2.52. The quantitative estimate of drug-likeness (QED) is 0.819. The summed E-state index contributed by atoms with van der Waals surface area (Å²) in [7, 11) is 0. The number of rotatable bonds is 2. The molecule has 1 aliphatic rings. The molecule has 6 nitrogen and oxygen atoms in total. The monoisotopic (exact) mass is 313 g/mol. The maximum Gasteiger partial charge on any atom is 0.293 e. The fourth-order valence-electron chi connectivity index (χ4n) is 2.69. The van der Waals surface area contributed by atoms with Crippen LogP contribution in [0, 0.1) is 5.82 Å². The second-order valence-electron chi connectivity index (χ2n) is 5.61. The van der Waals surface area contributed by atoms with E-state index in [0.717, 1.165) is 0 Å². The topological polar surface area (TPSA) is 97.6 Å². The summed E-state index contributed by atoms with van der Waals surface area (Å²) in [5, 5.41) is 0. The first kappa shape index (κ1) is 15.0. The maximum absolute atomic E-state index is 14.3. The largest absolute Gasteiger partial charge is 0.399 e. The average molecular weight is 313 g/mol. The van der Waals surface area contributed by atoms with Crippen molar-refractivity contribution in [2.75, 3.05) is 17.2 Å². The Labute approximate surface area is 132 Å². The molecule has 0 saturated carbocycles. The van der Waals surface area contributed by atoms with Gasteiger partial charge in [0.05, 0.1) is 18.4 Å². The zero-order valence-electron chi connectivity index (χ0n) is 12.5. The molecule has 0 bridgehead atoms. The predicted octanol–water partition coefficient (Wildman–Crippen LogP) is 1.42. The molecule has 7 heteroatoms. The van der Waals surface area contributed by atoms with E-state index in [-0.39, 0.29) is 12.4 Å². The highest BCUT2D eigenvalue weighted by Crippen LogP contribution is 2.34. The first-order valence-electron chi connectivity index (χ1n) is 7.03. The number of nitrogen functional groups attached to an aromatic ring is 1. The van der Waals surface area contributed by atoms with Gasteiger partial charge in [-0.25, -0.2) is 4.39 Å². The number of pyridine rings is 1. The molecule has 118 valence electrons. The molecule has 2 heterocycles. The van der Waals surface area contributed by atoms with E-state index in [1.807, 2.05) is 0 Å². The summed E-state index contributed by atoms with van der Waals surface area (Å²) in [5.74, 6) is -1.05. The third-order valence-corrected chi connectivity index (χ3v) is 3.83. The van der Waals surface area contributed by atoms with Gasteiger partial charge in [0.15, 0.2) is 5.84 Å². The highest BCUT2D eigenvalue weighted by atomic mass is 19.1. The second-order valence-corrected chi connectivity index (χ2v) is 5.61. The fourth-order valence-corrected chi connectivity index (χ4v) is 2.69. The van der Waals surface area contributed by atoms with Crippen LogP contribution in [0.15, 0.2) is 47.7 Å². The zero-order valence-corrected chi connectivity index (χ0v) is 12.5. The minimum atomic E-state index is -1.03. The number of nitrogens with zero attached hydrogens (tertiary/aromatic N) is 3. The predicted molar refractivity (Wildman–Crippen MR) is 86.4 cm³/mol. The molecular weight excluding hydrogens is 297 g/mol. The molecule has 1 aliphatic heterocycles. The Hall–Kier alpha value is -2.96. The van der Waals surface area contributed by atoms with Gasteiger partial charge in [-0.1, -0.05) is 0 Å². The Bertz CT molecular complexity index is 792. The van der Waals surface area contributed by atoms with Gasteiger partial charge >= 0.3 is 0 Å². The van der Waals surface area contributed by atoms with Crippen molar-refractivity contribution in [1.82, 2.24) is 4.98 Å². The van der Waals surface area contributed by atoms with Crippen LogP contribution in [0.4, 0.5) is 15.8 Å². The first-order valence-corrected chi connectivity index (χ1v) is 7.03. The molecule has 2 aromatic rings. The van der Waals surface area contributed by atoms with E-state index >= 15 is 0 Å². The molecule has 1 atom stereocenters. The Morgan fingerprint density at radius 3 is 2.78 bits per heavy atom. The number of halogens is 1. The minimum Gasteiger partial charge on any atom is -0.399 e. The van der Waals surface area contributed by atoms with Gasteiger partial charge in [-0.05, 0) is 37.3 Å². The van der Waals surface area contributed by atoms with Gasteiger partial charge in [-0.15, -0.1) is 0 Å². The molecule has 0 spiro atoms. The Balaban J connectivity index is 2.10. The Morgan fingerprint density at radius 1 is 1.30 bits per heavy atom. The number of aliphatic imine (C=N–C) groups is 1. The minimum absolute atomic E-state index is 0.137. The van der Waals surface area contributed by atoms with E-state index in [9.17, 15) is 9.18 Å². The van der Waals surface area contributed by atoms with E-state index in [4.69, 9.17) is 11.5 Å². The Kier molecular flexibility index (Phi) is 3.48. The number of carbonyl (C=O) groups excluding carboxylic acids is 1. The summed E-state index contributed by atoms with van der Waals surface area (Å²) in [6.45, 7) is 1.85. The van der Waals surface area contributed by atoms with Crippen LogP contribution in [-0.2, 0) is 10.3 Å². The number of aromatic nitrogens is 1.